The highest BCUT2D eigenvalue weighted by molar-refractivity contribution is 6.07. The highest BCUT2D eigenvalue weighted by Crippen LogP contribution is 2.32. The molecule has 0 saturated carbocycles. The molecule has 0 spiro atoms. The number of ether oxygens (including phenoxy) is 1. The molecule has 0 aliphatic heterocycles. The van der Waals surface area contributed by atoms with E-state index in [0.29, 0.717) is 11.4 Å². The largest absolute Gasteiger partial charge is 0.481 e. The number of H-pyrrole nitrogens is 1. The predicted octanol–water partition coefficient (Wildman–Crippen LogP) is 2.94. The van der Waals surface area contributed by atoms with Crippen molar-refractivity contribution < 1.29 is 14.6 Å². The van der Waals surface area contributed by atoms with Gasteiger partial charge in [0.1, 0.15) is 5.69 Å². The van der Waals surface area contributed by atoms with Crippen LogP contribution in [0.5, 0.6) is 5.88 Å². The van der Waals surface area contributed by atoms with E-state index >= 15 is 0 Å². The van der Waals surface area contributed by atoms with E-state index in [2.05, 4.69) is 9.97 Å². The summed E-state index contributed by atoms with van der Waals surface area (Å²) in [5.74, 6) is -0.502. The fourth-order valence-electron chi connectivity index (χ4n) is 2.25. The van der Waals surface area contributed by atoms with E-state index in [1.165, 1.54) is 7.11 Å². The molecule has 0 unspecified atom stereocenters. The summed E-state index contributed by atoms with van der Waals surface area (Å²) in [6, 6.07) is 11.0. The third kappa shape index (κ3) is 1.89. The van der Waals surface area contributed by atoms with Crippen molar-refractivity contribution in [2.24, 2.45) is 0 Å². The van der Waals surface area contributed by atoms with Crippen molar-refractivity contribution in [3.05, 3.63) is 48.3 Å². The molecule has 5 heteroatoms. The number of aromatic carboxylic acids is 1. The van der Waals surface area contributed by atoms with Gasteiger partial charge in [-0.15, -0.1) is 0 Å². The second-order valence-corrected chi connectivity index (χ2v) is 4.31. The van der Waals surface area contributed by atoms with Gasteiger partial charge in [-0.3, -0.25) is 0 Å². The van der Waals surface area contributed by atoms with Gasteiger partial charge in [0.25, 0.3) is 0 Å². The second-order valence-electron chi connectivity index (χ2n) is 4.31. The average Bonchev–Trinajstić information content (AvgIpc) is 2.87. The zero-order valence-electron chi connectivity index (χ0n) is 10.8. The van der Waals surface area contributed by atoms with E-state index in [1.807, 2.05) is 24.3 Å². The number of hydrogen-bond acceptors (Lipinski definition) is 3. The zero-order valence-corrected chi connectivity index (χ0v) is 10.8. The number of carbonyl (C=O) groups is 1. The topological polar surface area (TPSA) is 75.2 Å². The van der Waals surface area contributed by atoms with E-state index in [1.54, 1.807) is 18.3 Å². The van der Waals surface area contributed by atoms with Gasteiger partial charge >= 0.3 is 5.97 Å². The van der Waals surface area contributed by atoms with Gasteiger partial charge in [-0.2, -0.15) is 0 Å². The maximum atomic E-state index is 11.4. The number of hydrogen-bond donors (Lipinski definition) is 2. The molecule has 0 amide bonds. The Kier molecular flexibility index (Phi) is 2.87. The Bertz CT molecular complexity index is 775. The molecule has 0 radical (unpaired) electrons. The summed E-state index contributed by atoms with van der Waals surface area (Å²) < 4.78 is 5.02. The van der Waals surface area contributed by atoms with E-state index in [-0.39, 0.29) is 5.69 Å². The van der Waals surface area contributed by atoms with Crippen molar-refractivity contribution in [1.29, 1.82) is 0 Å². The molecule has 0 bridgehead atoms. The van der Waals surface area contributed by atoms with Crippen LogP contribution in [0.25, 0.3) is 22.0 Å². The van der Waals surface area contributed by atoms with Crippen LogP contribution in [0, 0.1) is 0 Å². The summed E-state index contributed by atoms with van der Waals surface area (Å²) in [5.41, 5.74) is 2.33. The third-order valence-corrected chi connectivity index (χ3v) is 3.15. The number of nitrogens with zero attached hydrogens (tertiary/aromatic N) is 1. The second kappa shape index (κ2) is 4.70. The smallest absolute Gasteiger partial charge is 0.352 e. The van der Waals surface area contributed by atoms with Crippen LogP contribution in [0.15, 0.2) is 42.6 Å². The molecule has 2 aromatic heterocycles. The van der Waals surface area contributed by atoms with Crippen molar-refractivity contribution in [3.8, 4) is 17.0 Å². The number of pyridine rings is 1. The first-order valence-corrected chi connectivity index (χ1v) is 6.05. The maximum absolute atomic E-state index is 11.4. The molecule has 0 aliphatic rings. The fraction of sp³-hybridized carbons (Fsp3) is 0.0667. The van der Waals surface area contributed by atoms with Crippen LogP contribution in [-0.4, -0.2) is 28.2 Å². The van der Waals surface area contributed by atoms with Crippen LogP contribution in [0.2, 0.25) is 0 Å². The van der Waals surface area contributed by atoms with E-state index in [9.17, 15) is 9.90 Å². The minimum absolute atomic E-state index is 0.165. The molecular weight excluding hydrogens is 256 g/mol. The average molecular weight is 268 g/mol. The van der Waals surface area contributed by atoms with Gasteiger partial charge in [0.05, 0.1) is 7.11 Å². The van der Waals surface area contributed by atoms with Gasteiger partial charge in [0, 0.05) is 34.3 Å². The maximum Gasteiger partial charge on any atom is 0.352 e. The molecule has 2 N–H and O–H groups in total. The Morgan fingerprint density at radius 1 is 1.25 bits per heavy atom. The van der Waals surface area contributed by atoms with Gasteiger partial charge in [-0.05, 0) is 12.1 Å². The zero-order chi connectivity index (χ0) is 14.1. The number of para-hydroxylation sites is 1. The predicted molar refractivity (Wildman–Crippen MR) is 75.0 cm³/mol. The lowest BCUT2D eigenvalue weighted by Gasteiger charge is -2.03. The molecule has 100 valence electrons. The summed E-state index contributed by atoms with van der Waals surface area (Å²) in [6.45, 7) is 0. The van der Waals surface area contributed by atoms with Crippen LogP contribution >= 0.6 is 0 Å². The number of benzene rings is 1. The Labute approximate surface area is 114 Å². The monoisotopic (exact) mass is 268 g/mol. The van der Waals surface area contributed by atoms with E-state index in [0.717, 1.165) is 16.5 Å². The summed E-state index contributed by atoms with van der Waals surface area (Å²) in [6.07, 6.45) is 1.61. The number of rotatable bonds is 3. The number of aromatic nitrogens is 2. The van der Waals surface area contributed by atoms with E-state index in [4.69, 9.17) is 4.74 Å². The highest BCUT2D eigenvalue weighted by atomic mass is 16.5. The van der Waals surface area contributed by atoms with Gasteiger partial charge in [0.15, 0.2) is 0 Å². The molecule has 3 rings (SSSR count). The van der Waals surface area contributed by atoms with Crippen LogP contribution in [0.1, 0.15) is 10.5 Å². The molecule has 3 aromatic rings. The first-order valence-electron chi connectivity index (χ1n) is 6.05. The van der Waals surface area contributed by atoms with Gasteiger partial charge in [0.2, 0.25) is 5.88 Å². The van der Waals surface area contributed by atoms with Gasteiger partial charge in [-0.1, -0.05) is 18.2 Å². The van der Waals surface area contributed by atoms with Crippen LogP contribution in [0.4, 0.5) is 0 Å². The van der Waals surface area contributed by atoms with Crippen molar-refractivity contribution in [2.45, 2.75) is 0 Å². The van der Waals surface area contributed by atoms with Crippen molar-refractivity contribution in [1.82, 2.24) is 9.97 Å². The molecule has 1 aromatic carbocycles. The molecule has 5 nitrogen and oxygen atoms in total. The number of carboxylic acids is 1. The number of methoxy groups -OCH3 is 1. The van der Waals surface area contributed by atoms with Crippen LogP contribution in [0.3, 0.4) is 0 Å². The van der Waals surface area contributed by atoms with Crippen molar-refractivity contribution >= 4 is 16.9 Å². The lowest BCUT2D eigenvalue weighted by atomic mass is 10.0. The Morgan fingerprint density at radius 3 is 2.70 bits per heavy atom. The minimum Gasteiger partial charge on any atom is -0.481 e. The normalized spacial score (nSPS) is 10.7. The Morgan fingerprint density at radius 2 is 2.05 bits per heavy atom. The molecular formula is C15H12N2O3. The number of fused-ring (bicyclic) bond motifs is 1. The van der Waals surface area contributed by atoms with Crippen molar-refractivity contribution in [2.75, 3.05) is 7.11 Å². The van der Waals surface area contributed by atoms with Gasteiger partial charge in [-0.25, -0.2) is 9.78 Å². The Hall–Kier alpha value is -2.82. The molecule has 20 heavy (non-hydrogen) atoms. The first-order chi connectivity index (χ1) is 9.70. The third-order valence-electron chi connectivity index (χ3n) is 3.15. The first kappa shape index (κ1) is 12.2. The summed E-state index contributed by atoms with van der Waals surface area (Å²) in [5, 5.41) is 10.2. The molecule has 0 aliphatic carbocycles. The van der Waals surface area contributed by atoms with Gasteiger partial charge < -0.3 is 14.8 Å². The summed E-state index contributed by atoms with van der Waals surface area (Å²) in [7, 11) is 1.54. The molecule has 0 atom stereocenters. The Balaban J connectivity index is 2.27. The molecule has 0 fully saturated rings. The SMILES string of the molecule is COc1ccc(-c2c(C(=O)O)[nH]c3ccccc23)cn1. The number of aromatic amines is 1. The summed E-state index contributed by atoms with van der Waals surface area (Å²) in [4.78, 5) is 18.5. The molecule has 2 heterocycles. The van der Waals surface area contributed by atoms with Crippen LogP contribution < -0.4 is 4.74 Å². The van der Waals surface area contributed by atoms with Crippen molar-refractivity contribution in [3.63, 3.8) is 0 Å². The lowest BCUT2D eigenvalue weighted by molar-refractivity contribution is 0.0692. The number of carboxylic acid groups (broad SMARTS) is 1. The lowest BCUT2D eigenvalue weighted by Crippen LogP contribution is -1.99. The molecule has 0 saturated heterocycles. The van der Waals surface area contributed by atoms with Crippen LogP contribution in [-0.2, 0) is 0 Å². The highest BCUT2D eigenvalue weighted by Gasteiger charge is 2.18. The fourth-order valence-corrected chi connectivity index (χ4v) is 2.25. The number of nitrogens with one attached hydrogen (secondary N) is 1. The standard InChI is InChI=1S/C15H12N2O3/c1-20-12-7-6-9(8-16-12)13-10-4-2-3-5-11(10)17-14(13)15(18)19/h2-8,17H,1H3,(H,18,19). The minimum atomic E-state index is -0.994. The quantitative estimate of drug-likeness (QED) is 0.765. The summed E-state index contributed by atoms with van der Waals surface area (Å²) >= 11 is 0. The van der Waals surface area contributed by atoms with E-state index < -0.39 is 5.97 Å².